The standard InChI is InChI=1S/C16H20N2O6S/c1-4-15(11-5-6-12-16(15,23-2)24-3)17-25(21,22)14-9-7-13(8-10-14)18(19)20/h5-12,17H,4H2,1-3H3. The highest BCUT2D eigenvalue weighted by Crippen LogP contribution is 2.37. The van der Waals surface area contributed by atoms with Gasteiger partial charge in [0.25, 0.3) is 5.69 Å². The minimum absolute atomic E-state index is 0.0880. The van der Waals surface area contributed by atoms with Gasteiger partial charge < -0.3 is 9.47 Å². The average Bonchev–Trinajstić information content (AvgIpc) is 2.62. The molecular weight excluding hydrogens is 348 g/mol. The van der Waals surface area contributed by atoms with Gasteiger partial charge in [0.2, 0.25) is 15.8 Å². The van der Waals surface area contributed by atoms with E-state index in [2.05, 4.69) is 4.72 Å². The van der Waals surface area contributed by atoms with Crippen LogP contribution in [0.3, 0.4) is 0 Å². The largest absolute Gasteiger partial charge is 0.348 e. The average molecular weight is 368 g/mol. The van der Waals surface area contributed by atoms with Gasteiger partial charge in [-0.15, -0.1) is 0 Å². The van der Waals surface area contributed by atoms with Crippen LogP contribution in [0, 0.1) is 10.1 Å². The molecule has 9 heteroatoms. The Kier molecular flexibility index (Phi) is 5.43. The first kappa shape index (κ1) is 19.3. The Bertz CT molecular complexity index is 796. The topological polar surface area (TPSA) is 108 Å². The predicted molar refractivity (Wildman–Crippen MR) is 91.5 cm³/mol. The van der Waals surface area contributed by atoms with Gasteiger partial charge in [-0.3, -0.25) is 10.1 Å². The van der Waals surface area contributed by atoms with Crippen molar-refractivity contribution in [2.75, 3.05) is 14.2 Å². The van der Waals surface area contributed by atoms with Crippen molar-refractivity contribution in [1.29, 1.82) is 0 Å². The molecule has 25 heavy (non-hydrogen) atoms. The Morgan fingerprint density at radius 3 is 2.16 bits per heavy atom. The Hall–Kier alpha value is -2.07. The van der Waals surface area contributed by atoms with Crippen molar-refractivity contribution in [3.8, 4) is 0 Å². The van der Waals surface area contributed by atoms with E-state index in [1.54, 1.807) is 31.2 Å². The first-order valence-electron chi connectivity index (χ1n) is 7.51. The van der Waals surface area contributed by atoms with E-state index in [1.165, 1.54) is 26.4 Å². The van der Waals surface area contributed by atoms with E-state index >= 15 is 0 Å². The van der Waals surface area contributed by atoms with Crippen LogP contribution in [0.5, 0.6) is 0 Å². The highest BCUT2D eigenvalue weighted by Gasteiger charge is 2.52. The van der Waals surface area contributed by atoms with Crippen molar-refractivity contribution >= 4 is 15.7 Å². The lowest BCUT2D eigenvalue weighted by molar-refractivity contribution is -0.384. The number of benzene rings is 1. The van der Waals surface area contributed by atoms with Crippen LogP contribution >= 0.6 is 0 Å². The van der Waals surface area contributed by atoms with Crippen molar-refractivity contribution in [1.82, 2.24) is 4.72 Å². The normalized spacial score (nSPS) is 22.0. The van der Waals surface area contributed by atoms with Crippen LogP contribution < -0.4 is 4.72 Å². The first-order valence-corrected chi connectivity index (χ1v) is 9.00. The number of nitro groups is 1. The summed E-state index contributed by atoms with van der Waals surface area (Å²) in [6.45, 7) is 1.80. The molecule has 0 fully saturated rings. The highest BCUT2D eigenvalue weighted by molar-refractivity contribution is 7.89. The van der Waals surface area contributed by atoms with Gasteiger partial charge in [-0.2, -0.15) is 4.72 Å². The third-order valence-electron chi connectivity index (χ3n) is 4.27. The molecule has 1 atom stereocenters. The second kappa shape index (κ2) is 7.04. The second-order valence-corrected chi connectivity index (χ2v) is 7.16. The molecule has 136 valence electrons. The number of ether oxygens (including phenoxy) is 2. The fourth-order valence-electron chi connectivity index (χ4n) is 2.84. The van der Waals surface area contributed by atoms with Crippen LogP contribution in [0.15, 0.2) is 53.5 Å². The molecular formula is C16H20N2O6S. The predicted octanol–water partition coefficient (Wildman–Crippen LogP) is 2.14. The summed E-state index contributed by atoms with van der Waals surface area (Å²) in [6.07, 6.45) is 7.07. The molecule has 0 amide bonds. The van der Waals surface area contributed by atoms with Crippen molar-refractivity contribution < 1.29 is 22.8 Å². The smallest absolute Gasteiger partial charge is 0.269 e. The number of methoxy groups -OCH3 is 2. The van der Waals surface area contributed by atoms with E-state index < -0.39 is 26.3 Å². The zero-order valence-corrected chi connectivity index (χ0v) is 14.9. The van der Waals surface area contributed by atoms with E-state index in [-0.39, 0.29) is 10.6 Å². The van der Waals surface area contributed by atoms with Crippen LogP contribution in [0.4, 0.5) is 5.69 Å². The minimum atomic E-state index is -3.98. The summed E-state index contributed by atoms with van der Waals surface area (Å²) in [4.78, 5) is 10.1. The molecule has 0 saturated heterocycles. The van der Waals surface area contributed by atoms with E-state index in [4.69, 9.17) is 9.47 Å². The molecule has 0 bridgehead atoms. The zero-order valence-electron chi connectivity index (χ0n) is 14.1. The number of nitrogens with one attached hydrogen (secondary N) is 1. The summed E-state index contributed by atoms with van der Waals surface area (Å²) in [5.41, 5.74) is -1.36. The maximum atomic E-state index is 12.8. The quantitative estimate of drug-likeness (QED) is 0.449. The number of rotatable bonds is 7. The van der Waals surface area contributed by atoms with Gasteiger partial charge in [-0.25, -0.2) is 8.42 Å². The van der Waals surface area contributed by atoms with Gasteiger partial charge in [0.15, 0.2) is 0 Å². The second-order valence-electron chi connectivity index (χ2n) is 5.48. The summed E-state index contributed by atoms with van der Waals surface area (Å²) in [5.74, 6) is -1.32. The minimum Gasteiger partial charge on any atom is -0.348 e. The summed E-state index contributed by atoms with van der Waals surface area (Å²) >= 11 is 0. The molecule has 1 aliphatic rings. The van der Waals surface area contributed by atoms with Gasteiger partial charge in [-0.05, 0) is 24.6 Å². The van der Waals surface area contributed by atoms with Crippen molar-refractivity contribution in [2.24, 2.45) is 0 Å². The Balaban J connectivity index is 2.44. The Morgan fingerprint density at radius 1 is 1.12 bits per heavy atom. The lowest BCUT2D eigenvalue weighted by Gasteiger charge is -2.46. The monoisotopic (exact) mass is 368 g/mol. The Morgan fingerprint density at radius 2 is 1.68 bits per heavy atom. The van der Waals surface area contributed by atoms with Crippen molar-refractivity contribution in [2.45, 2.75) is 29.6 Å². The number of nitro benzene ring substituents is 1. The van der Waals surface area contributed by atoms with E-state index in [0.29, 0.717) is 6.42 Å². The molecule has 1 N–H and O–H groups in total. The number of non-ortho nitro benzene ring substituents is 1. The number of sulfonamides is 1. The lowest BCUT2D eigenvalue weighted by atomic mass is 9.83. The molecule has 0 aromatic heterocycles. The third-order valence-corrected chi connectivity index (χ3v) is 5.79. The van der Waals surface area contributed by atoms with Crippen molar-refractivity contribution in [3.63, 3.8) is 0 Å². The van der Waals surface area contributed by atoms with E-state index in [9.17, 15) is 18.5 Å². The third kappa shape index (κ3) is 3.36. The number of allylic oxidation sites excluding steroid dienone is 2. The maximum Gasteiger partial charge on any atom is 0.269 e. The molecule has 0 radical (unpaired) electrons. The molecule has 0 aliphatic heterocycles. The zero-order chi connectivity index (χ0) is 18.7. The van der Waals surface area contributed by atoms with Gasteiger partial charge in [0, 0.05) is 26.4 Å². The SMILES string of the molecule is CCC1(NS(=O)(=O)c2ccc([N+](=O)[O-])cc2)C=CC=CC1(OC)OC. The number of hydrogen-bond acceptors (Lipinski definition) is 6. The van der Waals surface area contributed by atoms with Gasteiger partial charge >= 0.3 is 0 Å². The van der Waals surface area contributed by atoms with Gasteiger partial charge in [0.05, 0.1) is 9.82 Å². The molecule has 0 spiro atoms. The highest BCUT2D eigenvalue weighted by atomic mass is 32.2. The van der Waals surface area contributed by atoms with Crippen LogP contribution in [0.2, 0.25) is 0 Å². The maximum absolute atomic E-state index is 12.8. The fraction of sp³-hybridized carbons (Fsp3) is 0.375. The fourth-order valence-corrected chi connectivity index (χ4v) is 4.28. The summed E-state index contributed by atoms with van der Waals surface area (Å²) in [5, 5.41) is 10.7. The number of hydrogen-bond donors (Lipinski definition) is 1. The molecule has 0 heterocycles. The Labute approximate surface area is 146 Å². The van der Waals surface area contributed by atoms with Crippen LogP contribution in [-0.2, 0) is 19.5 Å². The molecule has 1 aromatic carbocycles. The number of nitrogens with zero attached hydrogens (tertiary/aromatic N) is 1. The van der Waals surface area contributed by atoms with Gasteiger partial charge in [-0.1, -0.05) is 25.2 Å². The van der Waals surface area contributed by atoms with Crippen molar-refractivity contribution in [3.05, 3.63) is 58.7 Å². The molecule has 1 unspecified atom stereocenters. The van der Waals surface area contributed by atoms with Crippen LogP contribution in [0.1, 0.15) is 13.3 Å². The van der Waals surface area contributed by atoms with Gasteiger partial charge in [0.1, 0.15) is 5.54 Å². The molecule has 8 nitrogen and oxygen atoms in total. The van der Waals surface area contributed by atoms with Crippen LogP contribution in [-0.4, -0.2) is 38.9 Å². The molecule has 0 saturated carbocycles. The molecule has 2 rings (SSSR count). The first-order chi connectivity index (χ1) is 11.8. The molecule has 1 aliphatic carbocycles. The van der Waals surface area contributed by atoms with Crippen LogP contribution in [0.25, 0.3) is 0 Å². The van der Waals surface area contributed by atoms with E-state index in [0.717, 1.165) is 12.1 Å². The summed E-state index contributed by atoms with van der Waals surface area (Å²) in [6, 6.07) is 4.66. The summed E-state index contributed by atoms with van der Waals surface area (Å²) in [7, 11) is -1.13. The summed E-state index contributed by atoms with van der Waals surface area (Å²) < 4.78 is 39.2. The lowest BCUT2D eigenvalue weighted by Crippen LogP contribution is -2.64. The van der Waals surface area contributed by atoms with E-state index in [1.807, 2.05) is 0 Å². The molecule has 1 aromatic rings.